The Bertz CT molecular complexity index is 608. The largest absolute Gasteiger partial charge is 0.381 e. The maximum absolute atomic E-state index is 13.1. The van der Waals surface area contributed by atoms with Crippen molar-refractivity contribution < 1.29 is 9.53 Å². The first-order chi connectivity index (χ1) is 11.6. The molecular weight excluding hydrogens is 304 g/mol. The average molecular weight is 332 g/mol. The molecule has 3 aliphatic rings. The summed E-state index contributed by atoms with van der Waals surface area (Å²) < 4.78 is 7.57. The second-order valence-corrected chi connectivity index (χ2v) is 7.56. The molecule has 1 amide bonds. The van der Waals surface area contributed by atoms with Gasteiger partial charge in [-0.25, -0.2) is 4.98 Å². The molecule has 2 unspecified atom stereocenters. The van der Waals surface area contributed by atoms with Crippen molar-refractivity contribution in [3.63, 3.8) is 0 Å². The predicted octanol–water partition coefficient (Wildman–Crippen LogP) is 1.44. The Labute approximate surface area is 143 Å². The number of aryl methyl sites for hydroxylation is 1. The lowest BCUT2D eigenvalue weighted by Gasteiger charge is -2.41. The van der Waals surface area contributed by atoms with Crippen LogP contribution in [0.25, 0.3) is 0 Å². The van der Waals surface area contributed by atoms with Gasteiger partial charge < -0.3 is 14.2 Å². The number of rotatable bonds is 3. The smallest absolute Gasteiger partial charge is 0.226 e. The molecule has 3 heterocycles. The molecule has 1 aliphatic carbocycles. The molecule has 1 aromatic rings. The van der Waals surface area contributed by atoms with Gasteiger partial charge in [0.25, 0.3) is 0 Å². The molecule has 3 fully saturated rings. The minimum Gasteiger partial charge on any atom is -0.381 e. The Morgan fingerprint density at radius 3 is 2.83 bits per heavy atom. The summed E-state index contributed by atoms with van der Waals surface area (Å²) in [7, 11) is 2.04. The topological polar surface area (TPSA) is 50.6 Å². The number of hydrogen-bond donors (Lipinski definition) is 0. The zero-order valence-electron chi connectivity index (χ0n) is 14.8. The molecule has 24 heavy (non-hydrogen) atoms. The summed E-state index contributed by atoms with van der Waals surface area (Å²) in [6.07, 6.45) is 7.02. The van der Waals surface area contributed by atoms with Crippen LogP contribution in [0.3, 0.4) is 0 Å². The summed E-state index contributed by atoms with van der Waals surface area (Å²) in [4.78, 5) is 22.1. The third-order valence-electron chi connectivity index (χ3n) is 6.34. The van der Waals surface area contributed by atoms with Gasteiger partial charge >= 0.3 is 0 Å². The number of amides is 1. The normalized spacial score (nSPS) is 29.8. The van der Waals surface area contributed by atoms with E-state index in [2.05, 4.69) is 26.3 Å². The highest BCUT2D eigenvalue weighted by Crippen LogP contribution is 2.59. The number of imidazole rings is 1. The quantitative estimate of drug-likeness (QED) is 0.840. The fourth-order valence-electron chi connectivity index (χ4n) is 4.59. The van der Waals surface area contributed by atoms with Crippen LogP contribution in [-0.2, 0) is 16.6 Å². The van der Waals surface area contributed by atoms with Crippen LogP contribution in [0.4, 0.5) is 0 Å². The van der Waals surface area contributed by atoms with Gasteiger partial charge in [0, 0.05) is 58.2 Å². The van der Waals surface area contributed by atoms with Crippen molar-refractivity contribution in [2.75, 3.05) is 39.4 Å². The van der Waals surface area contributed by atoms with Crippen LogP contribution >= 0.6 is 0 Å². The Morgan fingerprint density at radius 1 is 1.38 bits per heavy atom. The van der Waals surface area contributed by atoms with Crippen molar-refractivity contribution in [3.05, 3.63) is 18.2 Å². The van der Waals surface area contributed by atoms with E-state index in [4.69, 9.17) is 4.74 Å². The van der Waals surface area contributed by atoms with Crippen LogP contribution in [0.1, 0.15) is 38.1 Å². The molecule has 6 heteroatoms. The van der Waals surface area contributed by atoms with Crippen LogP contribution < -0.4 is 0 Å². The zero-order valence-corrected chi connectivity index (χ0v) is 14.8. The summed E-state index contributed by atoms with van der Waals surface area (Å²) in [6, 6.07) is 0.206. The second kappa shape index (κ2) is 6.15. The Balaban J connectivity index is 1.47. The van der Waals surface area contributed by atoms with Gasteiger partial charge in [0.1, 0.15) is 5.82 Å². The highest BCUT2D eigenvalue weighted by atomic mass is 16.5. The summed E-state index contributed by atoms with van der Waals surface area (Å²) in [5, 5.41) is 0. The average Bonchev–Trinajstić information content (AvgIpc) is 3.12. The van der Waals surface area contributed by atoms with Gasteiger partial charge in [-0.15, -0.1) is 0 Å². The number of hydrogen-bond acceptors (Lipinski definition) is 4. The number of piperazine rings is 1. The van der Waals surface area contributed by atoms with Crippen molar-refractivity contribution in [1.29, 1.82) is 0 Å². The van der Waals surface area contributed by atoms with E-state index in [1.807, 2.05) is 19.4 Å². The molecule has 0 N–H and O–H groups in total. The van der Waals surface area contributed by atoms with Gasteiger partial charge in [-0.2, -0.15) is 0 Å². The zero-order chi connectivity index (χ0) is 16.7. The van der Waals surface area contributed by atoms with E-state index in [-0.39, 0.29) is 17.4 Å². The molecule has 132 valence electrons. The molecule has 2 atom stereocenters. The van der Waals surface area contributed by atoms with Gasteiger partial charge in [-0.3, -0.25) is 9.69 Å². The van der Waals surface area contributed by atoms with Gasteiger partial charge in [-0.1, -0.05) is 6.92 Å². The molecule has 0 radical (unpaired) electrons. The first-order valence-electron chi connectivity index (χ1n) is 9.22. The number of carbonyl (C=O) groups is 1. The molecule has 0 aromatic carbocycles. The molecule has 1 spiro atoms. The minimum atomic E-state index is 0.206. The van der Waals surface area contributed by atoms with E-state index >= 15 is 0 Å². The SMILES string of the molecule is CCN1CCN(C(=O)C2CC23CCOCC3)CC1c1nccn1C. The number of nitrogens with zero attached hydrogens (tertiary/aromatic N) is 4. The van der Waals surface area contributed by atoms with E-state index in [9.17, 15) is 4.79 Å². The summed E-state index contributed by atoms with van der Waals surface area (Å²) >= 11 is 0. The molecular formula is C18H28N4O2. The molecule has 2 aliphatic heterocycles. The Morgan fingerprint density at radius 2 is 2.17 bits per heavy atom. The second-order valence-electron chi connectivity index (χ2n) is 7.56. The standard InChI is InChI=1S/C18H28N4O2/c1-3-21-8-9-22(13-15(21)16-19-6-7-20(16)2)17(23)14-12-18(14)4-10-24-11-5-18/h6-7,14-15H,3-5,8-13H2,1-2H3. The number of ether oxygens (including phenoxy) is 1. The third kappa shape index (κ3) is 2.65. The molecule has 1 aromatic heterocycles. The van der Waals surface area contributed by atoms with Crippen molar-refractivity contribution in [2.45, 2.75) is 32.2 Å². The van der Waals surface area contributed by atoms with Crippen LogP contribution in [0.5, 0.6) is 0 Å². The molecule has 0 bridgehead atoms. The minimum absolute atomic E-state index is 0.206. The summed E-state index contributed by atoms with van der Waals surface area (Å²) in [5.41, 5.74) is 0.260. The van der Waals surface area contributed by atoms with Gasteiger partial charge in [0.2, 0.25) is 5.91 Å². The lowest BCUT2D eigenvalue weighted by atomic mass is 9.93. The first kappa shape index (κ1) is 16.1. The van der Waals surface area contributed by atoms with E-state index < -0.39 is 0 Å². The highest BCUT2D eigenvalue weighted by Gasteiger charge is 2.59. The lowest BCUT2D eigenvalue weighted by molar-refractivity contribution is -0.137. The number of likely N-dealkylation sites (N-methyl/N-ethyl adjacent to an activating group) is 1. The van der Waals surface area contributed by atoms with E-state index in [1.165, 1.54) is 0 Å². The number of aromatic nitrogens is 2. The maximum atomic E-state index is 13.1. The van der Waals surface area contributed by atoms with Crippen molar-refractivity contribution in [3.8, 4) is 0 Å². The van der Waals surface area contributed by atoms with Crippen LogP contribution in [0, 0.1) is 11.3 Å². The predicted molar refractivity (Wildman–Crippen MR) is 90.4 cm³/mol. The van der Waals surface area contributed by atoms with Gasteiger partial charge in [0.05, 0.1) is 6.04 Å². The summed E-state index contributed by atoms with van der Waals surface area (Å²) in [6.45, 7) is 7.36. The number of carbonyl (C=O) groups excluding carboxylic acids is 1. The third-order valence-corrected chi connectivity index (χ3v) is 6.34. The van der Waals surface area contributed by atoms with E-state index in [0.717, 1.165) is 64.5 Å². The van der Waals surface area contributed by atoms with Crippen molar-refractivity contribution in [1.82, 2.24) is 19.4 Å². The lowest BCUT2D eigenvalue weighted by Crippen LogP contribution is -2.51. The molecule has 1 saturated carbocycles. The Kier molecular flexibility index (Phi) is 4.12. The van der Waals surface area contributed by atoms with E-state index in [0.29, 0.717) is 5.91 Å². The van der Waals surface area contributed by atoms with Crippen LogP contribution in [-0.4, -0.2) is 64.7 Å². The Hall–Kier alpha value is -1.40. The molecule has 2 saturated heterocycles. The highest BCUT2D eigenvalue weighted by molar-refractivity contribution is 5.83. The van der Waals surface area contributed by atoms with Gasteiger partial charge in [0.15, 0.2) is 0 Å². The van der Waals surface area contributed by atoms with E-state index in [1.54, 1.807) is 0 Å². The fraction of sp³-hybridized carbons (Fsp3) is 0.778. The monoisotopic (exact) mass is 332 g/mol. The molecule has 6 nitrogen and oxygen atoms in total. The van der Waals surface area contributed by atoms with Gasteiger partial charge in [-0.05, 0) is 31.2 Å². The van der Waals surface area contributed by atoms with Crippen molar-refractivity contribution in [2.24, 2.45) is 18.4 Å². The summed E-state index contributed by atoms with van der Waals surface area (Å²) in [5.74, 6) is 1.66. The van der Waals surface area contributed by atoms with Crippen molar-refractivity contribution >= 4 is 5.91 Å². The van der Waals surface area contributed by atoms with Crippen LogP contribution in [0.15, 0.2) is 12.4 Å². The van der Waals surface area contributed by atoms with Crippen LogP contribution in [0.2, 0.25) is 0 Å². The molecule has 4 rings (SSSR count). The maximum Gasteiger partial charge on any atom is 0.226 e. The fourth-order valence-corrected chi connectivity index (χ4v) is 4.59. The first-order valence-corrected chi connectivity index (χ1v) is 9.22.